The molecular weight excluding hydrogens is 250 g/mol. The Morgan fingerprint density at radius 1 is 1.39 bits per heavy atom. The van der Waals surface area contributed by atoms with Crippen molar-refractivity contribution in [2.75, 3.05) is 24.4 Å². The summed E-state index contributed by atoms with van der Waals surface area (Å²) in [7, 11) is -1.85. The molecule has 1 aromatic rings. The van der Waals surface area contributed by atoms with E-state index in [2.05, 4.69) is 0 Å². The Morgan fingerprint density at radius 3 is 2.56 bits per heavy atom. The third-order valence-corrected chi connectivity index (χ3v) is 5.36. The number of aryl methyl sites for hydroxylation is 2. The van der Waals surface area contributed by atoms with Crippen molar-refractivity contribution >= 4 is 15.9 Å². The number of likely N-dealkylation sites (N-methyl/N-ethyl adjacent to an activating group) is 1. The molecule has 0 radical (unpaired) electrons. The molecule has 1 atom stereocenters. The van der Waals surface area contributed by atoms with E-state index in [1.165, 1.54) is 8.61 Å². The predicted octanol–water partition coefficient (Wildman–Crippen LogP) is 0.627. The van der Waals surface area contributed by atoms with Crippen molar-refractivity contribution in [1.82, 2.24) is 4.31 Å². The summed E-state index contributed by atoms with van der Waals surface area (Å²) in [6.07, 6.45) is 0. The molecule has 5 nitrogen and oxygen atoms in total. The van der Waals surface area contributed by atoms with E-state index in [0.29, 0.717) is 13.1 Å². The molecule has 2 rings (SSSR count). The second kappa shape index (κ2) is 4.53. The first-order chi connectivity index (χ1) is 8.37. The Bertz CT molecular complexity index is 556. The van der Waals surface area contributed by atoms with Gasteiger partial charge in [-0.25, -0.2) is 0 Å². The fraction of sp³-hybridized carbons (Fsp3) is 0.500. The van der Waals surface area contributed by atoms with E-state index in [9.17, 15) is 8.42 Å². The minimum atomic E-state index is -3.43. The molecule has 0 saturated carbocycles. The van der Waals surface area contributed by atoms with Crippen molar-refractivity contribution in [3.8, 4) is 0 Å². The number of hydrogen-bond donors (Lipinski definition) is 1. The van der Waals surface area contributed by atoms with Crippen LogP contribution in [0.1, 0.15) is 11.1 Å². The molecule has 2 N–H and O–H groups in total. The normalized spacial score (nSPS) is 23.6. The second-order valence-electron chi connectivity index (χ2n) is 4.73. The maximum Gasteiger partial charge on any atom is 0.304 e. The molecule has 0 aromatic heterocycles. The first-order valence-electron chi connectivity index (χ1n) is 5.91. The zero-order valence-electron chi connectivity index (χ0n) is 10.9. The zero-order chi connectivity index (χ0) is 13.5. The highest BCUT2D eigenvalue weighted by molar-refractivity contribution is 7.90. The molecule has 1 aliphatic rings. The van der Waals surface area contributed by atoms with E-state index in [4.69, 9.17) is 5.73 Å². The van der Waals surface area contributed by atoms with Crippen LogP contribution in [0, 0.1) is 13.8 Å². The standard InChI is InChI=1S/C12H19N3O2S/c1-9-4-5-12(10(2)6-9)15-8-11(7-13)14(3)18(15,16)17/h4-6,11H,7-8,13H2,1-3H3. The average molecular weight is 269 g/mol. The third kappa shape index (κ3) is 2.00. The summed E-state index contributed by atoms with van der Waals surface area (Å²) in [5.74, 6) is 0. The van der Waals surface area contributed by atoms with E-state index >= 15 is 0 Å². The summed E-state index contributed by atoms with van der Waals surface area (Å²) >= 11 is 0. The smallest absolute Gasteiger partial charge is 0.304 e. The van der Waals surface area contributed by atoms with Crippen LogP contribution < -0.4 is 10.0 Å². The maximum absolute atomic E-state index is 12.3. The summed E-state index contributed by atoms with van der Waals surface area (Å²) in [5.41, 5.74) is 8.44. The molecule has 1 aromatic carbocycles. The monoisotopic (exact) mass is 269 g/mol. The van der Waals surface area contributed by atoms with Crippen LogP contribution in [-0.4, -0.2) is 38.9 Å². The highest BCUT2D eigenvalue weighted by Gasteiger charge is 2.41. The molecule has 1 saturated heterocycles. The molecule has 1 unspecified atom stereocenters. The van der Waals surface area contributed by atoms with E-state index in [1.807, 2.05) is 32.0 Å². The van der Waals surface area contributed by atoms with Gasteiger partial charge in [0.1, 0.15) is 0 Å². The van der Waals surface area contributed by atoms with Gasteiger partial charge in [0.15, 0.2) is 0 Å². The van der Waals surface area contributed by atoms with Crippen molar-refractivity contribution in [3.05, 3.63) is 29.3 Å². The van der Waals surface area contributed by atoms with Crippen LogP contribution in [0.3, 0.4) is 0 Å². The molecule has 1 aliphatic heterocycles. The molecular formula is C12H19N3O2S. The Hall–Kier alpha value is -1.11. The van der Waals surface area contributed by atoms with Gasteiger partial charge in [-0.2, -0.15) is 12.7 Å². The van der Waals surface area contributed by atoms with Crippen LogP contribution in [0.5, 0.6) is 0 Å². The van der Waals surface area contributed by atoms with Crippen LogP contribution in [-0.2, 0) is 10.2 Å². The maximum atomic E-state index is 12.3. The summed E-state index contributed by atoms with van der Waals surface area (Å²) in [6.45, 7) is 4.66. The van der Waals surface area contributed by atoms with Crippen molar-refractivity contribution in [3.63, 3.8) is 0 Å². The Balaban J connectivity index is 2.45. The Labute approximate surface area is 108 Å². The second-order valence-corrected chi connectivity index (χ2v) is 6.65. The van der Waals surface area contributed by atoms with Crippen molar-refractivity contribution in [2.45, 2.75) is 19.9 Å². The first-order valence-corrected chi connectivity index (χ1v) is 7.30. The van der Waals surface area contributed by atoms with Gasteiger partial charge in [-0.1, -0.05) is 17.7 Å². The molecule has 0 bridgehead atoms. The lowest BCUT2D eigenvalue weighted by atomic mass is 10.1. The van der Waals surface area contributed by atoms with Crippen LogP contribution >= 0.6 is 0 Å². The van der Waals surface area contributed by atoms with Crippen molar-refractivity contribution < 1.29 is 8.42 Å². The van der Waals surface area contributed by atoms with E-state index < -0.39 is 10.2 Å². The zero-order valence-corrected chi connectivity index (χ0v) is 11.7. The van der Waals surface area contributed by atoms with Gasteiger partial charge in [0.05, 0.1) is 18.3 Å². The fourth-order valence-corrected chi connectivity index (χ4v) is 3.93. The van der Waals surface area contributed by atoms with E-state index in [1.54, 1.807) is 7.05 Å². The van der Waals surface area contributed by atoms with Gasteiger partial charge in [0.2, 0.25) is 0 Å². The van der Waals surface area contributed by atoms with Crippen LogP contribution in [0.2, 0.25) is 0 Å². The van der Waals surface area contributed by atoms with Gasteiger partial charge in [-0.05, 0) is 25.5 Å². The molecule has 1 fully saturated rings. The molecule has 100 valence electrons. The summed E-state index contributed by atoms with van der Waals surface area (Å²) in [4.78, 5) is 0. The SMILES string of the molecule is Cc1ccc(N2CC(CN)N(C)S2(=O)=O)c(C)c1. The molecule has 1 heterocycles. The van der Waals surface area contributed by atoms with Crippen LogP contribution in [0.15, 0.2) is 18.2 Å². The molecule has 0 aliphatic carbocycles. The van der Waals surface area contributed by atoms with Gasteiger partial charge in [-0.3, -0.25) is 4.31 Å². The lowest BCUT2D eigenvalue weighted by Crippen LogP contribution is -2.36. The highest BCUT2D eigenvalue weighted by atomic mass is 32.2. The lowest BCUT2D eigenvalue weighted by Gasteiger charge is -2.20. The number of nitrogens with two attached hydrogens (primary N) is 1. The average Bonchev–Trinajstić information content (AvgIpc) is 2.52. The molecule has 6 heteroatoms. The van der Waals surface area contributed by atoms with Gasteiger partial charge < -0.3 is 5.73 Å². The predicted molar refractivity (Wildman–Crippen MR) is 72.8 cm³/mol. The van der Waals surface area contributed by atoms with E-state index in [0.717, 1.165) is 16.8 Å². The van der Waals surface area contributed by atoms with E-state index in [-0.39, 0.29) is 6.04 Å². The van der Waals surface area contributed by atoms with Crippen LogP contribution in [0.25, 0.3) is 0 Å². The molecule has 0 spiro atoms. The summed E-state index contributed by atoms with van der Waals surface area (Å²) in [5, 5.41) is 0. The molecule has 0 amide bonds. The van der Waals surface area contributed by atoms with Gasteiger partial charge in [0, 0.05) is 13.6 Å². The summed E-state index contributed by atoms with van der Waals surface area (Å²) in [6, 6.07) is 5.61. The first kappa shape index (κ1) is 13.3. The van der Waals surface area contributed by atoms with Gasteiger partial charge in [-0.15, -0.1) is 0 Å². The minimum absolute atomic E-state index is 0.157. The van der Waals surface area contributed by atoms with Crippen molar-refractivity contribution in [2.24, 2.45) is 5.73 Å². The Morgan fingerprint density at radius 2 is 2.06 bits per heavy atom. The lowest BCUT2D eigenvalue weighted by molar-refractivity contribution is 0.417. The Kier molecular flexibility index (Phi) is 3.35. The third-order valence-electron chi connectivity index (χ3n) is 3.43. The van der Waals surface area contributed by atoms with Crippen molar-refractivity contribution in [1.29, 1.82) is 0 Å². The van der Waals surface area contributed by atoms with Gasteiger partial charge >= 0.3 is 10.2 Å². The number of nitrogens with zero attached hydrogens (tertiary/aromatic N) is 2. The quantitative estimate of drug-likeness (QED) is 0.856. The number of hydrogen-bond acceptors (Lipinski definition) is 3. The number of anilines is 1. The van der Waals surface area contributed by atoms with Gasteiger partial charge in [0.25, 0.3) is 0 Å². The minimum Gasteiger partial charge on any atom is -0.329 e. The fourth-order valence-electron chi connectivity index (χ4n) is 2.28. The highest BCUT2D eigenvalue weighted by Crippen LogP contribution is 2.30. The largest absolute Gasteiger partial charge is 0.329 e. The topological polar surface area (TPSA) is 66.6 Å². The molecule has 18 heavy (non-hydrogen) atoms. The number of benzene rings is 1. The van der Waals surface area contributed by atoms with Crippen LogP contribution in [0.4, 0.5) is 5.69 Å². The summed E-state index contributed by atoms with van der Waals surface area (Å²) < 4.78 is 27.4. The number of rotatable bonds is 2.